The summed E-state index contributed by atoms with van der Waals surface area (Å²) in [5, 5.41) is 8.66. The minimum absolute atomic E-state index is 0.907. The molecule has 0 fully saturated rings. The molecule has 0 aromatic heterocycles. The molecule has 68 valence electrons. The van der Waals surface area contributed by atoms with Crippen molar-refractivity contribution in [2.24, 2.45) is 0 Å². The van der Waals surface area contributed by atoms with Crippen molar-refractivity contribution >= 4 is 0 Å². The largest absolute Gasteiger partial charge is 0.415 e. The second-order valence-electron chi connectivity index (χ2n) is 2.69. The normalized spacial score (nSPS) is 18.5. The molecule has 1 N–H and O–H groups in total. The van der Waals surface area contributed by atoms with Crippen LogP contribution in [0, 0.1) is 0 Å². The van der Waals surface area contributed by atoms with Gasteiger partial charge in [-0.05, 0) is 21.0 Å². The van der Waals surface area contributed by atoms with Gasteiger partial charge in [-0.15, -0.1) is 0 Å². The fourth-order valence-corrected chi connectivity index (χ4v) is 0.556. The van der Waals surface area contributed by atoms with E-state index in [1.54, 1.807) is 0 Å². The molecule has 0 rings (SSSR count). The Balaban J connectivity index is 4.13. The third-order valence-electron chi connectivity index (χ3n) is 1.61. The molecule has 0 spiro atoms. The Morgan fingerprint density at radius 2 is 1.64 bits per heavy atom. The van der Waals surface area contributed by atoms with E-state index in [1.165, 1.54) is 25.9 Å². The van der Waals surface area contributed by atoms with Crippen LogP contribution in [-0.2, 0) is 0 Å². The lowest BCUT2D eigenvalue weighted by Crippen LogP contribution is -2.45. The van der Waals surface area contributed by atoms with Crippen molar-refractivity contribution in [1.29, 1.82) is 0 Å². The number of nitrogens with zero attached hydrogens (tertiary/aromatic N) is 1. The summed E-state index contributed by atoms with van der Waals surface area (Å²) in [6, 6.07) is -0.907. The van der Waals surface area contributed by atoms with E-state index in [9.17, 15) is 13.2 Å². The quantitative estimate of drug-likeness (QED) is 0.666. The minimum atomic E-state index is -4.52. The van der Waals surface area contributed by atoms with Gasteiger partial charge < -0.3 is 10.0 Å². The molecule has 0 aromatic rings. The first kappa shape index (κ1) is 10.7. The van der Waals surface area contributed by atoms with Crippen LogP contribution in [0.5, 0.6) is 0 Å². The second kappa shape index (κ2) is 3.40. The number of likely N-dealkylation sites (N-methyl/N-ethyl adjacent to an activating group) is 1. The number of aliphatic hydroxyl groups excluding tert-OH is 1. The van der Waals surface area contributed by atoms with Gasteiger partial charge in [0.15, 0.2) is 6.10 Å². The van der Waals surface area contributed by atoms with Crippen molar-refractivity contribution in [1.82, 2.24) is 4.90 Å². The third-order valence-corrected chi connectivity index (χ3v) is 1.61. The maximum atomic E-state index is 11.8. The van der Waals surface area contributed by atoms with Crippen molar-refractivity contribution in [3.8, 4) is 0 Å². The van der Waals surface area contributed by atoms with Gasteiger partial charge in [0, 0.05) is 6.04 Å². The molecule has 2 nitrogen and oxygen atoms in total. The zero-order valence-electron chi connectivity index (χ0n) is 6.68. The van der Waals surface area contributed by atoms with E-state index in [4.69, 9.17) is 5.11 Å². The summed E-state index contributed by atoms with van der Waals surface area (Å²) in [6.45, 7) is 1.32. The summed E-state index contributed by atoms with van der Waals surface area (Å²) in [4.78, 5) is 1.32. The van der Waals surface area contributed by atoms with E-state index < -0.39 is 18.3 Å². The molecule has 0 aliphatic rings. The van der Waals surface area contributed by atoms with Gasteiger partial charge in [-0.3, -0.25) is 0 Å². The number of hydrogen-bond donors (Lipinski definition) is 1. The Bertz CT molecular complexity index is 123. The van der Waals surface area contributed by atoms with Gasteiger partial charge in [-0.1, -0.05) is 0 Å². The fourth-order valence-electron chi connectivity index (χ4n) is 0.556. The maximum absolute atomic E-state index is 11.8. The fraction of sp³-hybridized carbons (Fsp3) is 1.00. The number of halogens is 3. The first-order valence-corrected chi connectivity index (χ1v) is 3.18. The summed E-state index contributed by atoms with van der Waals surface area (Å²) >= 11 is 0. The van der Waals surface area contributed by atoms with Gasteiger partial charge in [-0.2, -0.15) is 13.2 Å². The number of alkyl halides is 3. The van der Waals surface area contributed by atoms with E-state index in [0.29, 0.717) is 0 Å². The van der Waals surface area contributed by atoms with Gasteiger partial charge in [-0.25, -0.2) is 0 Å². The van der Waals surface area contributed by atoms with E-state index in [2.05, 4.69) is 0 Å². The van der Waals surface area contributed by atoms with Gasteiger partial charge in [0.25, 0.3) is 0 Å². The molecule has 0 saturated carbocycles. The molecule has 11 heavy (non-hydrogen) atoms. The Morgan fingerprint density at radius 3 is 1.73 bits per heavy atom. The van der Waals surface area contributed by atoms with Crippen LogP contribution in [0.15, 0.2) is 0 Å². The van der Waals surface area contributed by atoms with E-state index >= 15 is 0 Å². The Morgan fingerprint density at radius 1 is 1.27 bits per heavy atom. The standard InChI is InChI=1S/C6H12F3NO/c1-4(10(2)3)5(11)6(7,8)9/h4-5,11H,1-3H3. The predicted octanol–water partition coefficient (Wildman–Crippen LogP) is 0.860. The number of rotatable bonds is 2. The van der Waals surface area contributed by atoms with Crippen LogP contribution in [0.2, 0.25) is 0 Å². The van der Waals surface area contributed by atoms with E-state index in [1.807, 2.05) is 0 Å². The molecule has 2 unspecified atom stereocenters. The maximum Gasteiger partial charge on any atom is 0.415 e. The highest BCUT2D eigenvalue weighted by Crippen LogP contribution is 2.23. The first-order valence-electron chi connectivity index (χ1n) is 3.18. The highest BCUT2D eigenvalue weighted by Gasteiger charge is 2.42. The smallest absolute Gasteiger partial charge is 0.382 e. The van der Waals surface area contributed by atoms with Crippen molar-refractivity contribution in [3.05, 3.63) is 0 Å². The van der Waals surface area contributed by atoms with Crippen LogP contribution < -0.4 is 0 Å². The van der Waals surface area contributed by atoms with Crippen LogP contribution in [0.25, 0.3) is 0 Å². The minimum Gasteiger partial charge on any atom is -0.382 e. The predicted molar refractivity (Wildman–Crippen MR) is 35.2 cm³/mol. The lowest BCUT2D eigenvalue weighted by Gasteiger charge is -2.26. The van der Waals surface area contributed by atoms with E-state index in [0.717, 1.165) is 0 Å². The monoisotopic (exact) mass is 171 g/mol. The molecule has 5 heteroatoms. The summed E-state index contributed by atoms with van der Waals surface area (Å²) in [6.07, 6.45) is -6.79. The summed E-state index contributed by atoms with van der Waals surface area (Å²) < 4.78 is 35.3. The zero-order valence-corrected chi connectivity index (χ0v) is 6.68. The lowest BCUT2D eigenvalue weighted by molar-refractivity contribution is -0.217. The third kappa shape index (κ3) is 3.07. The van der Waals surface area contributed by atoms with Crippen molar-refractivity contribution in [2.45, 2.75) is 25.2 Å². The van der Waals surface area contributed by atoms with Gasteiger partial charge >= 0.3 is 6.18 Å². The molecule has 0 radical (unpaired) electrons. The molecular weight excluding hydrogens is 159 g/mol. The average molecular weight is 171 g/mol. The molecular formula is C6H12F3NO. The summed E-state index contributed by atoms with van der Waals surface area (Å²) in [5.74, 6) is 0. The van der Waals surface area contributed by atoms with Crippen LogP contribution in [0.3, 0.4) is 0 Å². The number of hydrogen-bond acceptors (Lipinski definition) is 2. The molecule has 0 saturated heterocycles. The molecule has 0 aliphatic heterocycles. The first-order chi connectivity index (χ1) is 4.76. The molecule has 0 aliphatic carbocycles. The van der Waals surface area contributed by atoms with Crippen LogP contribution in [-0.4, -0.2) is 42.4 Å². The Kier molecular flexibility index (Phi) is 3.31. The summed E-state index contributed by atoms with van der Waals surface area (Å²) in [7, 11) is 2.97. The van der Waals surface area contributed by atoms with Crippen molar-refractivity contribution in [3.63, 3.8) is 0 Å². The highest BCUT2D eigenvalue weighted by atomic mass is 19.4. The highest BCUT2D eigenvalue weighted by molar-refractivity contribution is 4.76. The molecule has 0 aromatic carbocycles. The topological polar surface area (TPSA) is 23.5 Å². The van der Waals surface area contributed by atoms with Gasteiger partial charge in [0.1, 0.15) is 0 Å². The van der Waals surface area contributed by atoms with Crippen LogP contribution >= 0.6 is 0 Å². The lowest BCUT2D eigenvalue weighted by atomic mass is 10.1. The molecule has 0 bridgehead atoms. The summed E-state index contributed by atoms with van der Waals surface area (Å²) in [5.41, 5.74) is 0. The molecule has 0 amide bonds. The molecule has 2 atom stereocenters. The SMILES string of the molecule is CC(C(O)C(F)(F)F)N(C)C. The van der Waals surface area contributed by atoms with Crippen molar-refractivity contribution < 1.29 is 18.3 Å². The van der Waals surface area contributed by atoms with Gasteiger partial charge in [0.2, 0.25) is 0 Å². The second-order valence-corrected chi connectivity index (χ2v) is 2.69. The van der Waals surface area contributed by atoms with E-state index in [-0.39, 0.29) is 0 Å². The van der Waals surface area contributed by atoms with Crippen LogP contribution in [0.1, 0.15) is 6.92 Å². The van der Waals surface area contributed by atoms with Crippen molar-refractivity contribution in [2.75, 3.05) is 14.1 Å². The van der Waals surface area contributed by atoms with Crippen LogP contribution in [0.4, 0.5) is 13.2 Å². The average Bonchev–Trinajstić information content (AvgIpc) is 1.82. The zero-order chi connectivity index (χ0) is 9.23. The van der Waals surface area contributed by atoms with Gasteiger partial charge in [0.05, 0.1) is 0 Å². The Hall–Kier alpha value is -0.290. The number of aliphatic hydroxyl groups is 1. The molecule has 0 heterocycles. The Labute approximate surface area is 63.6 Å².